The van der Waals surface area contributed by atoms with Crippen LogP contribution in [0.4, 0.5) is 0 Å². The molecule has 8 heteroatoms. The van der Waals surface area contributed by atoms with Crippen LogP contribution in [-0.4, -0.2) is 51.2 Å². The summed E-state index contributed by atoms with van der Waals surface area (Å²) in [5, 5.41) is 32.6. The lowest BCUT2D eigenvalue weighted by atomic mass is 9.79. The minimum absolute atomic E-state index is 0.203. The number of hydrogen-bond acceptors (Lipinski definition) is 7. The number of carbonyl (C=O) groups excluding carboxylic acids is 1. The SMILES string of the molecule is CC(C)(Sc1cc(C(C)(C)C)c(O)c(C(C)(C)C)c1)Sc1cc(C(C)(C)C)c(OCC(=O)NC(CO)CO)c(C(C)(C)C)c1. The highest BCUT2D eigenvalue weighted by atomic mass is 32.2. The molecule has 0 aliphatic carbocycles. The Hall–Kier alpha value is -1.87. The van der Waals surface area contributed by atoms with Gasteiger partial charge in [-0.25, -0.2) is 0 Å². The Morgan fingerprint density at radius 2 is 1.02 bits per heavy atom. The summed E-state index contributed by atoms with van der Waals surface area (Å²) in [6.07, 6.45) is 0. The van der Waals surface area contributed by atoms with Gasteiger partial charge in [-0.05, 0) is 59.8 Å². The summed E-state index contributed by atoms with van der Waals surface area (Å²) >= 11 is 3.58. The van der Waals surface area contributed by atoms with Gasteiger partial charge < -0.3 is 25.4 Å². The summed E-state index contributed by atoms with van der Waals surface area (Å²) in [6.45, 7) is 29.2. The predicted octanol–water partition coefficient (Wildman–Crippen LogP) is 8.05. The number of benzene rings is 2. The van der Waals surface area contributed by atoms with Crippen molar-refractivity contribution < 1.29 is 24.9 Å². The van der Waals surface area contributed by atoms with Crippen LogP contribution in [0.3, 0.4) is 0 Å². The molecule has 0 radical (unpaired) electrons. The molecule has 0 aliphatic heterocycles. The van der Waals surface area contributed by atoms with E-state index in [1.54, 1.807) is 23.5 Å². The second-order valence-electron chi connectivity index (χ2n) is 16.2. The minimum atomic E-state index is -0.721. The molecule has 4 N–H and O–H groups in total. The van der Waals surface area contributed by atoms with Gasteiger partial charge in [-0.1, -0.05) is 83.1 Å². The fraction of sp³-hybridized carbons (Fsp3) is 0.639. The molecule has 2 aromatic rings. The molecule has 1 amide bonds. The topological polar surface area (TPSA) is 99.0 Å². The molecule has 0 heterocycles. The number of rotatable bonds is 10. The highest BCUT2D eigenvalue weighted by Crippen LogP contribution is 2.51. The van der Waals surface area contributed by atoms with Gasteiger partial charge >= 0.3 is 0 Å². The number of ether oxygens (including phenoxy) is 1. The predicted molar refractivity (Wildman–Crippen MR) is 187 cm³/mol. The van der Waals surface area contributed by atoms with Crippen LogP contribution in [0.25, 0.3) is 0 Å². The number of hydrogen-bond donors (Lipinski definition) is 4. The van der Waals surface area contributed by atoms with Gasteiger partial charge in [0.1, 0.15) is 11.5 Å². The second kappa shape index (κ2) is 13.9. The molecule has 0 atom stereocenters. The van der Waals surface area contributed by atoms with Crippen LogP contribution in [-0.2, 0) is 26.5 Å². The van der Waals surface area contributed by atoms with Crippen molar-refractivity contribution in [2.75, 3.05) is 19.8 Å². The lowest BCUT2D eigenvalue weighted by molar-refractivity contribution is -0.124. The van der Waals surface area contributed by atoms with Gasteiger partial charge in [0, 0.05) is 32.0 Å². The van der Waals surface area contributed by atoms with E-state index in [4.69, 9.17) is 4.74 Å². The molecule has 0 spiro atoms. The van der Waals surface area contributed by atoms with Crippen LogP contribution in [0.2, 0.25) is 0 Å². The van der Waals surface area contributed by atoms with Gasteiger partial charge in [0.05, 0.1) is 23.3 Å². The molecule has 2 aromatic carbocycles. The van der Waals surface area contributed by atoms with Crippen molar-refractivity contribution in [1.29, 1.82) is 0 Å². The highest BCUT2D eigenvalue weighted by molar-refractivity contribution is 8.18. The van der Waals surface area contributed by atoms with Gasteiger partial charge in [-0.2, -0.15) is 0 Å². The first kappa shape index (κ1) is 38.3. The average Bonchev–Trinajstić information content (AvgIpc) is 2.84. The summed E-state index contributed by atoms with van der Waals surface area (Å²) in [7, 11) is 0. The molecule has 0 bridgehead atoms. The van der Waals surface area contributed by atoms with Gasteiger partial charge in [-0.15, -0.1) is 23.5 Å². The normalized spacial score (nSPS) is 13.4. The van der Waals surface area contributed by atoms with E-state index in [1.807, 2.05) is 0 Å². The van der Waals surface area contributed by atoms with Crippen molar-refractivity contribution in [2.24, 2.45) is 0 Å². The Balaban J connectivity index is 2.56. The molecule has 2 rings (SSSR count). The maximum absolute atomic E-state index is 12.6. The Kier molecular flexibility index (Phi) is 12.1. The highest BCUT2D eigenvalue weighted by Gasteiger charge is 2.32. The first-order valence-electron chi connectivity index (χ1n) is 15.4. The summed E-state index contributed by atoms with van der Waals surface area (Å²) in [4.78, 5) is 14.8. The summed E-state index contributed by atoms with van der Waals surface area (Å²) in [5.74, 6) is 0.687. The standard InChI is InChI=1S/C36H57NO5S2/c1-32(2,3)25-15-23(16-26(30(25)41)33(4,5)6)43-36(13,14)44-24-17-27(34(7,8)9)31(28(18-24)35(10,11)12)42-21-29(40)37-22(19-38)20-39/h15-18,22,38-39,41H,19-21H2,1-14H3,(H,37,40). The second-order valence-corrected chi connectivity index (χ2v) is 19.9. The fourth-order valence-electron chi connectivity index (χ4n) is 4.89. The van der Waals surface area contributed by atoms with E-state index in [2.05, 4.69) is 127 Å². The smallest absolute Gasteiger partial charge is 0.258 e. The molecular formula is C36H57NO5S2. The third-order valence-corrected chi connectivity index (χ3v) is 9.68. The Morgan fingerprint density at radius 1 is 0.682 bits per heavy atom. The van der Waals surface area contributed by atoms with Crippen molar-refractivity contribution in [3.05, 3.63) is 46.5 Å². The zero-order valence-electron chi connectivity index (χ0n) is 29.5. The van der Waals surface area contributed by atoms with Crippen LogP contribution in [0, 0.1) is 0 Å². The molecule has 6 nitrogen and oxygen atoms in total. The third-order valence-electron chi connectivity index (χ3n) is 7.26. The van der Waals surface area contributed by atoms with E-state index in [0.29, 0.717) is 11.5 Å². The molecular weight excluding hydrogens is 591 g/mol. The van der Waals surface area contributed by atoms with Crippen molar-refractivity contribution in [1.82, 2.24) is 5.32 Å². The van der Waals surface area contributed by atoms with Gasteiger partial charge in [0.15, 0.2) is 6.61 Å². The lowest BCUT2D eigenvalue weighted by Crippen LogP contribution is -2.42. The van der Waals surface area contributed by atoms with Crippen LogP contribution in [0.15, 0.2) is 34.1 Å². The number of aromatic hydroxyl groups is 1. The van der Waals surface area contributed by atoms with Gasteiger partial charge in [0.2, 0.25) is 0 Å². The Morgan fingerprint density at radius 3 is 1.34 bits per heavy atom. The maximum atomic E-state index is 12.6. The molecule has 0 aliphatic rings. The molecule has 248 valence electrons. The first-order chi connectivity index (χ1) is 19.8. The number of thioether (sulfide) groups is 2. The average molecular weight is 648 g/mol. The number of carbonyl (C=O) groups is 1. The summed E-state index contributed by atoms with van der Waals surface area (Å²) in [6, 6.07) is 7.91. The largest absolute Gasteiger partial charge is 0.507 e. The quantitative estimate of drug-likeness (QED) is 0.153. The zero-order valence-corrected chi connectivity index (χ0v) is 31.1. The van der Waals surface area contributed by atoms with Crippen molar-refractivity contribution in [3.8, 4) is 11.5 Å². The van der Waals surface area contributed by atoms with Crippen molar-refractivity contribution >= 4 is 29.4 Å². The van der Waals surface area contributed by atoms with Crippen molar-refractivity contribution in [3.63, 3.8) is 0 Å². The van der Waals surface area contributed by atoms with Crippen LogP contribution < -0.4 is 10.1 Å². The number of aliphatic hydroxyl groups is 2. The summed E-state index contributed by atoms with van der Waals surface area (Å²) in [5.41, 5.74) is 2.99. The molecule has 44 heavy (non-hydrogen) atoms. The van der Waals surface area contributed by atoms with Crippen LogP contribution in [0.5, 0.6) is 11.5 Å². The molecule has 0 saturated carbocycles. The fourth-order valence-corrected chi connectivity index (χ4v) is 7.47. The van der Waals surface area contributed by atoms with Gasteiger partial charge in [-0.3, -0.25) is 4.79 Å². The number of phenolic OH excluding ortho intramolecular Hbond substituents is 1. The number of aliphatic hydroxyl groups excluding tert-OH is 2. The number of amides is 1. The van der Waals surface area contributed by atoms with Crippen LogP contribution >= 0.6 is 23.5 Å². The zero-order chi connectivity index (χ0) is 34.1. The van der Waals surface area contributed by atoms with E-state index in [0.717, 1.165) is 32.0 Å². The van der Waals surface area contributed by atoms with Crippen molar-refractivity contribution in [2.45, 2.75) is 139 Å². The van der Waals surface area contributed by atoms with E-state index in [9.17, 15) is 20.1 Å². The number of nitrogens with one attached hydrogen (secondary N) is 1. The van der Waals surface area contributed by atoms with E-state index < -0.39 is 11.9 Å². The molecule has 0 aromatic heterocycles. The Labute approximate surface area is 275 Å². The van der Waals surface area contributed by atoms with E-state index in [-0.39, 0.29) is 45.6 Å². The minimum Gasteiger partial charge on any atom is -0.507 e. The first-order valence-corrected chi connectivity index (χ1v) is 17.0. The monoisotopic (exact) mass is 647 g/mol. The lowest BCUT2D eigenvalue weighted by Gasteiger charge is -2.32. The molecule has 0 fully saturated rings. The number of phenols is 1. The third kappa shape index (κ3) is 10.3. The maximum Gasteiger partial charge on any atom is 0.258 e. The van der Waals surface area contributed by atoms with Gasteiger partial charge in [0.25, 0.3) is 5.91 Å². The molecule has 0 unspecified atom stereocenters. The van der Waals surface area contributed by atoms with E-state index in [1.165, 1.54) is 0 Å². The van der Waals surface area contributed by atoms with E-state index >= 15 is 0 Å². The van der Waals surface area contributed by atoms with Crippen LogP contribution in [0.1, 0.15) is 119 Å². The Bertz CT molecular complexity index is 1230. The molecule has 0 saturated heterocycles. The summed E-state index contributed by atoms with van der Waals surface area (Å²) < 4.78 is 5.99.